The topological polar surface area (TPSA) is 75.4 Å². The Hall–Kier alpha value is -1.11. The Labute approximate surface area is 121 Å². The van der Waals surface area contributed by atoms with Crippen molar-refractivity contribution in [3.63, 3.8) is 0 Å². The van der Waals surface area contributed by atoms with Crippen LogP contribution in [0.1, 0.15) is 33.1 Å². The standard InChI is InChI=1S/C14H23N3O2S/c1-3-14(2)8-10-17(11-9-14)20(18,19)13-7-5-4-6-12(13)16-15/h4-7,16H,3,8-11,15H2,1-2H3. The minimum Gasteiger partial charge on any atom is -0.323 e. The number of hydrogen-bond acceptors (Lipinski definition) is 4. The zero-order chi connectivity index (χ0) is 14.8. The first-order valence-corrected chi connectivity index (χ1v) is 8.43. The van der Waals surface area contributed by atoms with Crippen molar-refractivity contribution in [1.82, 2.24) is 4.31 Å². The number of nitrogen functional groups attached to an aromatic ring is 1. The summed E-state index contributed by atoms with van der Waals surface area (Å²) < 4.78 is 27.0. The van der Waals surface area contributed by atoms with E-state index in [9.17, 15) is 8.42 Å². The number of benzene rings is 1. The second-order valence-electron chi connectivity index (χ2n) is 5.71. The monoisotopic (exact) mass is 297 g/mol. The van der Waals surface area contributed by atoms with Crippen LogP contribution in [0.5, 0.6) is 0 Å². The molecule has 1 fully saturated rings. The number of nitrogens with zero attached hydrogens (tertiary/aromatic N) is 1. The van der Waals surface area contributed by atoms with Crippen LogP contribution in [0, 0.1) is 5.41 Å². The lowest BCUT2D eigenvalue weighted by Gasteiger charge is -2.38. The molecule has 3 N–H and O–H groups in total. The third-order valence-corrected chi connectivity index (χ3v) is 6.40. The summed E-state index contributed by atoms with van der Waals surface area (Å²) >= 11 is 0. The summed E-state index contributed by atoms with van der Waals surface area (Å²) in [5.41, 5.74) is 3.16. The quantitative estimate of drug-likeness (QED) is 0.660. The van der Waals surface area contributed by atoms with Gasteiger partial charge in [-0.05, 0) is 30.4 Å². The Bertz CT molecular complexity index is 564. The Kier molecular flexibility index (Phi) is 4.36. The average Bonchev–Trinajstić information content (AvgIpc) is 2.47. The molecule has 112 valence electrons. The second kappa shape index (κ2) is 5.71. The van der Waals surface area contributed by atoms with E-state index < -0.39 is 10.0 Å². The number of nitrogens with one attached hydrogen (secondary N) is 1. The van der Waals surface area contributed by atoms with Crippen molar-refractivity contribution in [1.29, 1.82) is 0 Å². The summed E-state index contributed by atoms with van der Waals surface area (Å²) in [6, 6.07) is 6.75. The molecule has 6 heteroatoms. The molecule has 1 aromatic rings. The third kappa shape index (κ3) is 2.82. The van der Waals surface area contributed by atoms with Crippen LogP contribution in [0.4, 0.5) is 5.69 Å². The van der Waals surface area contributed by atoms with E-state index in [-0.39, 0.29) is 10.3 Å². The van der Waals surface area contributed by atoms with Crippen molar-refractivity contribution in [2.75, 3.05) is 18.5 Å². The maximum absolute atomic E-state index is 12.7. The van der Waals surface area contributed by atoms with Crippen molar-refractivity contribution in [2.24, 2.45) is 11.3 Å². The first kappa shape index (κ1) is 15.3. The van der Waals surface area contributed by atoms with E-state index in [1.54, 1.807) is 28.6 Å². The van der Waals surface area contributed by atoms with Crippen molar-refractivity contribution in [2.45, 2.75) is 38.0 Å². The second-order valence-corrected chi connectivity index (χ2v) is 7.62. The van der Waals surface area contributed by atoms with Crippen molar-refractivity contribution >= 4 is 15.7 Å². The van der Waals surface area contributed by atoms with Gasteiger partial charge in [0.15, 0.2) is 0 Å². The van der Waals surface area contributed by atoms with E-state index in [1.807, 2.05) is 0 Å². The molecule has 20 heavy (non-hydrogen) atoms. The van der Waals surface area contributed by atoms with Gasteiger partial charge in [0, 0.05) is 13.1 Å². The molecule has 0 amide bonds. The van der Waals surface area contributed by atoms with Crippen LogP contribution in [0.25, 0.3) is 0 Å². The van der Waals surface area contributed by atoms with E-state index in [1.165, 1.54) is 0 Å². The largest absolute Gasteiger partial charge is 0.323 e. The maximum Gasteiger partial charge on any atom is 0.245 e. The molecule has 0 spiro atoms. The SMILES string of the molecule is CCC1(C)CCN(S(=O)(=O)c2ccccc2NN)CC1. The third-order valence-electron chi connectivity index (χ3n) is 4.44. The van der Waals surface area contributed by atoms with Crippen molar-refractivity contribution in [3.05, 3.63) is 24.3 Å². The molecule has 0 aromatic heterocycles. The van der Waals surface area contributed by atoms with Gasteiger partial charge < -0.3 is 5.43 Å². The minimum atomic E-state index is -3.47. The van der Waals surface area contributed by atoms with Gasteiger partial charge >= 0.3 is 0 Å². The first-order valence-electron chi connectivity index (χ1n) is 6.99. The number of piperidine rings is 1. The molecule has 1 aliphatic rings. The number of nitrogens with two attached hydrogens (primary N) is 1. The zero-order valence-corrected chi connectivity index (χ0v) is 12.9. The Balaban J connectivity index is 2.24. The van der Waals surface area contributed by atoms with Crippen LogP contribution in [0.2, 0.25) is 0 Å². The van der Waals surface area contributed by atoms with Gasteiger partial charge in [-0.15, -0.1) is 0 Å². The fourth-order valence-electron chi connectivity index (χ4n) is 2.57. The highest BCUT2D eigenvalue weighted by molar-refractivity contribution is 7.89. The van der Waals surface area contributed by atoms with Gasteiger partial charge in [-0.1, -0.05) is 32.4 Å². The maximum atomic E-state index is 12.7. The summed E-state index contributed by atoms with van der Waals surface area (Å²) in [5.74, 6) is 5.41. The lowest BCUT2D eigenvalue weighted by Crippen LogP contribution is -2.42. The molecule has 0 radical (unpaired) electrons. The Morgan fingerprint density at radius 3 is 2.45 bits per heavy atom. The molecular formula is C14H23N3O2S. The lowest BCUT2D eigenvalue weighted by molar-refractivity contribution is 0.169. The number of para-hydroxylation sites is 1. The van der Waals surface area contributed by atoms with Crippen LogP contribution in [0.3, 0.4) is 0 Å². The molecule has 0 unspecified atom stereocenters. The molecule has 1 aliphatic heterocycles. The number of hydrazine groups is 1. The van der Waals surface area contributed by atoms with E-state index in [0.717, 1.165) is 19.3 Å². The molecule has 1 saturated heterocycles. The van der Waals surface area contributed by atoms with Crippen molar-refractivity contribution in [3.8, 4) is 0 Å². The molecule has 1 aromatic carbocycles. The van der Waals surface area contributed by atoms with Gasteiger partial charge in [0.1, 0.15) is 4.90 Å². The van der Waals surface area contributed by atoms with Gasteiger partial charge in [-0.2, -0.15) is 4.31 Å². The fraction of sp³-hybridized carbons (Fsp3) is 0.571. The molecular weight excluding hydrogens is 274 g/mol. The average molecular weight is 297 g/mol. The normalized spacial score (nSPS) is 19.8. The zero-order valence-electron chi connectivity index (χ0n) is 12.1. The predicted octanol–water partition coefficient (Wildman–Crippen LogP) is 2.17. The molecule has 1 heterocycles. The van der Waals surface area contributed by atoms with Gasteiger partial charge in [-0.25, -0.2) is 8.42 Å². The number of hydrogen-bond donors (Lipinski definition) is 2. The van der Waals surface area contributed by atoms with Gasteiger partial charge in [0.05, 0.1) is 5.69 Å². The molecule has 0 aliphatic carbocycles. The highest BCUT2D eigenvalue weighted by atomic mass is 32.2. The van der Waals surface area contributed by atoms with Gasteiger partial charge in [0.25, 0.3) is 0 Å². The summed E-state index contributed by atoms with van der Waals surface area (Å²) in [4.78, 5) is 0.252. The summed E-state index contributed by atoms with van der Waals surface area (Å²) in [7, 11) is -3.47. The van der Waals surface area contributed by atoms with Crippen molar-refractivity contribution < 1.29 is 8.42 Å². The Morgan fingerprint density at radius 1 is 1.30 bits per heavy atom. The van der Waals surface area contributed by atoms with Gasteiger partial charge in [0.2, 0.25) is 10.0 Å². The number of rotatable bonds is 4. The predicted molar refractivity (Wildman–Crippen MR) is 80.6 cm³/mol. The van der Waals surface area contributed by atoms with E-state index in [2.05, 4.69) is 19.3 Å². The summed E-state index contributed by atoms with van der Waals surface area (Å²) in [6.45, 7) is 5.54. The van der Waals surface area contributed by atoms with E-state index >= 15 is 0 Å². The van der Waals surface area contributed by atoms with Crippen LogP contribution in [0.15, 0.2) is 29.2 Å². The van der Waals surface area contributed by atoms with Crippen LogP contribution in [-0.4, -0.2) is 25.8 Å². The van der Waals surface area contributed by atoms with Gasteiger partial charge in [-0.3, -0.25) is 5.84 Å². The summed E-state index contributed by atoms with van der Waals surface area (Å²) in [5, 5.41) is 0. The highest BCUT2D eigenvalue weighted by Gasteiger charge is 2.35. The first-order chi connectivity index (χ1) is 9.43. The fourth-order valence-corrected chi connectivity index (χ4v) is 4.17. The highest BCUT2D eigenvalue weighted by Crippen LogP contribution is 2.36. The Morgan fingerprint density at radius 2 is 1.90 bits per heavy atom. The summed E-state index contributed by atoms with van der Waals surface area (Å²) in [6.07, 6.45) is 2.89. The van der Waals surface area contributed by atoms with Crippen LogP contribution < -0.4 is 11.3 Å². The molecule has 0 atom stereocenters. The number of sulfonamides is 1. The van der Waals surface area contributed by atoms with Crippen LogP contribution in [-0.2, 0) is 10.0 Å². The molecule has 0 saturated carbocycles. The molecule has 5 nitrogen and oxygen atoms in total. The van der Waals surface area contributed by atoms with E-state index in [4.69, 9.17) is 5.84 Å². The van der Waals surface area contributed by atoms with Crippen LogP contribution >= 0.6 is 0 Å². The minimum absolute atomic E-state index is 0.252. The molecule has 0 bridgehead atoms. The lowest BCUT2D eigenvalue weighted by atomic mass is 9.79. The number of anilines is 1. The van der Waals surface area contributed by atoms with E-state index in [0.29, 0.717) is 18.8 Å². The smallest absolute Gasteiger partial charge is 0.245 e. The molecule has 2 rings (SSSR count).